The third-order valence-electron chi connectivity index (χ3n) is 6.21. The molecule has 1 saturated heterocycles. The van der Waals surface area contributed by atoms with E-state index < -0.39 is 23.9 Å². The molecule has 0 bridgehead atoms. The van der Waals surface area contributed by atoms with Crippen molar-refractivity contribution < 1.29 is 19.2 Å². The number of hydrogen-bond donors (Lipinski definition) is 4. The summed E-state index contributed by atoms with van der Waals surface area (Å²) in [6, 6.07) is 14.6. The van der Waals surface area contributed by atoms with Crippen LogP contribution in [0.25, 0.3) is 10.9 Å². The van der Waals surface area contributed by atoms with Crippen LogP contribution in [0.4, 0.5) is 0 Å². The number of halogens is 1. The van der Waals surface area contributed by atoms with Gasteiger partial charge in [-0.1, -0.05) is 41.9 Å². The summed E-state index contributed by atoms with van der Waals surface area (Å²) >= 11 is 6.04. The Balaban J connectivity index is 1.46. The smallest absolute Gasteiger partial charge is 0.268 e. The molecule has 3 atom stereocenters. The molecule has 8 nitrogen and oxygen atoms in total. The maximum absolute atomic E-state index is 13.2. The van der Waals surface area contributed by atoms with Gasteiger partial charge in [0.05, 0.1) is 6.04 Å². The monoisotopic (exact) mass is 494 g/mol. The second-order valence-corrected chi connectivity index (χ2v) is 9.17. The van der Waals surface area contributed by atoms with Gasteiger partial charge in [0.1, 0.15) is 18.0 Å². The number of aldehydes is 1. The Morgan fingerprint density at radius 1 is 1.11 bits per heavy atom. The van der Waals surface area contributed by atoms with E-state index in [9.17, 15) is 19.2 Å². The zero-order valence-corrected chi connectivity index (χ0v) is 19.8. The van der Waals surface area contributed by atoms with Gasteiger partial charge in [0, 0.05) is 34.8 Å². The first-order chi connectivity index (χ1) is 16.9. The fourth-order valence-corrected chi connectivity index (χ4v) is 4.46. The number of hydrogen-bond acceptors (Lipinski definition) is 4. The van der Waals surface area contributed by atoms with E-state index in [2.05, 4.69) is 20.9 Å². The van der Waals surface area contributed by atoms with E-state index >= 15 is 0 Å². The second kappa shape index (κ2) is 11.2. The Bertz CT molecular complexity index is 1230. The summed E-state index contributed by atoms with van der Waals surface area (Å²) in [5.74, 6) is -1.08. The van der Waals surface area contributed by atoms with Gasteiger partial charge in [-0.2, -0.15) is 0 Å². The largest absolute Gasteiger partial charge is 0.356 e. The number of rotatable bonds is 10. The van der Waals surface area contributed by atoms with Crippen molar-refractivity contribution in [1.82, 2.24) is 20.9 Å². The van der Waals surface area contributed by atoms with Crippen molar-refractivity contribution in [1.29, 1.82) is 0 Å². The number of benzene rings is 2. The summed E-state index contributed by atoms with van der Waals surface area (Å²) < 4.78 is 0. The normalized spacial score (nSPS) is 16.9. The third kappa shape index (κ3) is 6.27. The molecule has 3 aromatic rings. The molecule has 0 saturated carbocycles. The van der Waals surface area contributed by atoms with E-state index in [1.165, 1.54) is 0 Å². The van der Waals surface area contributed by atoms with E-state index in [0.29, 0.717) is 36.4 Å². The number of carbonyl (C=O) groups excluding carboxylic acids is 4. The topological polar surface area (TPSA) is 120 Å². The lowest BCUT2D eigenvalue weighted by molar-refractivity contribution is -0.125. The van der Waals surface area contributed by atoms with Crippen molar-refractivity contribution in [2.75, 3.05) is 6.54 Å². The van der Waals surface area contributed by atoms with Crippen LogP contribution in [0.5, 0.6) is 0 Å². The minimum absolute atomic E-state index is 0.0187. The lowest BCUT2D eigenvalue weighted by Crippen LogP contribution is -2.51. The van der Waals surface area contributed by atoms with E-state index in [4.69, 9.17) is 11.6 Å². The Morgan fingerprint density at radius 3 is 2.63 bits per heavy atom. The van der Waals surface area contributed by atoms with Gasteiger partial charge in [-0.3, -0.25) is 14.4 Å². The maximum Gasteiger partial charge on any atom is 0.268 e. The van der Waals surface area contributed by atoms with Gasteiger partial charge in [-0.25, -0.2) is 0 Å². The zero-order chi connectivity index (χ0) is 24.8. The van der Waals surface area contributed by atoms with E-state index in [0.717, 1.165) is 22.9 Å². The molecule has 0 unspecified atom stereocenters. The zero-order valence-electron chi connectivity index (χ0n) is 19.1. The van der Waals surface area contributed by atoms with Gasteiger partial charge >= 0.3 is 0 Å². The molecule has 0 radical (unpaired) electrons. The van der Waals surface area contributed by atoms with Crippen LogP contribution in [-0.2, 0) is 20.8 Å². The summed E-state index contributed by atoms with van der Waals surface area (Å²) in [6.07, 6.45) is 2.50. The standard InChI is InChI=1S/C26H27ClN4O4/c27-19-7-9-21-18(13-19)14-23(30-21)26(35)31-22(12-16-4-2-1-3-5-16)25(34)29-20(15-32)8-6-17-10-11-28-24(17)33/h1-5,7,9,13-15,17,20,22,30H,6,8,10-12H2,(H,28,33)(H,29,34)(H,31,35)/t17-,20+,22+/m1/s1. The van der Waals surface area contributed by atoms with Gasteiger partial charge in [-0.15, -0.1) is 0 Å². The van der Waals surface area contributed by atoms with Crippen molar-refractivity contribution >= 4 is 46.5 Å². The van der Waals surface area contributed by atoms with Crippen LogP contribution in [0.1, 0.15) is 35.3 Å². The van der Waals surface area contributed by atoms with Crippen LogP contribution in [0.2, 0.25) is 5.02 Å². The summed E-state index contributed by atoms with van der Waals surface area (Å²) in [4.78, 5) is 52.7. The van der Waals surface area contributed by atoms with Crippen molar-refractivity contribution in [2.45, 2.75) is 37.8 Å². The first kappa shape index (κ1) is 24.5. The Labute approximate surface area is 207 Å². The molecule has 1 aromatic heterocycles. The molecule has 4 rings (SSSR count). The first-order valence-electron chi connectivity index (χ1n) is 11.6. The minimum atomic E-state index is -0.905. The van der Waals surface area contributed by atoms with Crippen LogP contribution in [0.15, 0.2) is 54.6 Å². The number of H-pyrrole nitrogens is 1. The summed E-state index contributed by atoms with van der Waals surface area (Å²) in [5, 5.41) is 9.64. The lowest BCUT2D eigenvalue weighted by Gasteiger charge is -2.21. The fourth-order valence-electron chi connectivity index (χ4n) is 4.28. The van der Waals surface area contributed by atoms with Crippen LogP contribution in [0.3, 0.4) is 0 Å². The predicted molar refractivity (Wildman–Crippen MR) is 133 cm³/mol. The molecule has 9 heteroatoms. The quantitative estimate of drug-likeness (QED) is 0.324. The number of nitrogens with one attached hydrogen (secondary N) is 4. The maximum atomic E-state index is 13.2. The Kier molecular flexibility index (Phi) is 7.82. The molecule has 1 aliphatic heterocycles. The number of fused-ring (bicyclic) bond motifs is 1. The van der Waals surface area contributed by atoms with E-state index in [-0.39, 0.29) is 18.2 Å². The molecule has 35 heavy (non-hydrogen) atoms. The first-order valence-corrected chi connectivity index (χ1v) is 12.0. The molecule has 2 aromatic carbocycles. The summed E-state index contributed by atoms with van der Waals surface area (Å²) in [7, 11) is 0. The second-order valence-electron chi connectivity index (χ2n) is 8.74. The number of carbonyl (C=O) groups is 4. The molecule has 3 amide bonds. The minimum Gasteiger partial charge on any atom is -0.356 e. The van der Waals surface area contributed by atoms with Crippen molar-refractivity contribution in [3.8, 4) is 0 Å². The van der Waals surface area contributed by atoms with Gasteiger partial charge < -0.3 is 25.7 Å². The highest BCUT2D eigenvalue weighted by Crippen LogP contribution is 2.20. The number of aromatic nitrogens is 1. The highest BCUT2D eigenvalue weighted by molar-refractivity contribution is 6.31. The number of aromatic amines is 1. The molecular weight excluding hydrogens is 468 g/mol. The van der Waals surface area contributed by atoms with Crippen LogP contribution in [0, 0.1) is 5.92 Å². The average molecular weight is 495 g/mol. The van der Waals surface area contributed by atoms with Crippen molar-refractivity contribution in [2.24, 2.45) is 5.92 Å². The number of amides is 3. The Morgan fingerprint density at radius 2 is 1.91 bits per heavy atom. The molecule has 0 spiro atoms. The Hall–Kier alpha value is -3.65. The lowest BCUT2D eigenvalue weighted by atomic mass is 9.98. The molecule has 0 aliphatic carbocycles. The van der Waals surface area contributed by atoms with Crippen LogP contribution >= 0.6 is 11.6 Å². The average Bonchev–Trinajstić information content (AvgIpc) is 3.47. The van der Waals surface area contributed by atoms with E-state index in [1.54, 1.807) is 24.3 Å². The third-order valence-corrected chi connectivity index (χ3v) is 6.45. The van der Waals surface area contributed by atoms with Crippen LogP contribution in [-0.4, -0.2) is 47.6 Å². The SMILES string of the molecule is O=C[C@H](CC[C@@H]1CCNC1=O)NC(=O)[C@H](Cc1ccccc1)NC(=O)c1cc2cc(Cl)ccc2[nH]1. The summed E-state index contributed by atoms with van der Waals surface area (Å²) in [5.41, 5.74) is 1.91. The molecular formula is C26H27ClN4O4. The molecule has 2 heterocycles. The molecule has 4 N–H and O–H groups in total. The van der Waals surface area contributed by atoms with Gasteiger partial charge in [-0.05, 0) is 49.1 Å². The van der Waals surface area contributed by atoms with Crippen LogP contribution < -0.4 is 16.0 Å². The molecule has 1 aliphatic rings. The van der Waals surface area contributed by atoms with Gasteiger partial charge in [0.2, 0.25) is 11.8 Å². The fraction of sp³-hybridized carbons (Fsp3) is 0.308. The highest BCUT2D eigenvalue weighted by Gasteiger charge is 2.28. The van der Waals surface area contributed by atoms with Gasteiger partial charge in [0.15, 0.2) is 0 Å². The van der Waals surface area contributed by atoms with E-state index in [1.807, 2.05) is 30.3 Å². The van der Waals surface area contributed by atoms with Crippen molar-refractivity contribution in [3.05, 3.63) is 70.9 Å². The molecule has 182 valence electrons. The molecule has 1 fully saturated rings. The van der Waals surface area contributed by atoms with Gasteiger partial charge in [0.25, 0.3) is 5.91 Å². The summed E-state index contributed by atoms with van der Waals surface area (Å²) in [6.45, 7) is 0.632. The highest BCUT2D eigenvalue weighted by atomic mass is 35.5. The van der Waals surface area contributed by atoms with Crippen molar-refractivity contribution in [3.63, 3.8) is 0 Å². The predicted octanol–water partition coefficient (Wildman–Crippen LogP) is 2.76.